The smallest absolute Gasteiger partial charge is 0.0753 e. The molecule has 0 radical (unpaired) electrons. The molecule has 1 aromatic heterocycles. The molecule has 2 aromatic rings. The molecule has 2 rings (SSSR count). The third-order valence-electron chi connectivity index (χ3n) is 2.16. The predicted molar refractivity (Wildman–Crippen MR) is 66.5 cm³/mol. The standard InChI is InChI=1S/C10H10ClN3.ClH/c1-6-4-7(11)5-8-9(14-12)2-3-13-10(6)8;/h2-5H,12H2,1H3,(H,13,14);1H. The van der Waals surface area contributed by atoms with Crippen molar-refractivity contribution in [2.75, 3.05) is 5.43 Å². The molecule has 0 saturated heterocycles. The minimum absolute atomic E-state index is 0. The molecule has 0 saturated carbocycles. The Kier molecular flexibility index (Phi) is 3.74. The fraction of sp³-hybridized carbons (Fsp3) is 0.100. The number of nitrogens with two attached hydrogens (primary N) is 1. The molecule has 0 aliphatic carbocycles. The van der Waals surface area contributed by atoms with Crippen LogP contribution in [0, 0.1) is 6.92 Å². The molecule has 0 amide bonds. The zero-order valence-corrected chi connectivity index (χ0v) is 9.69. The summed E-state index contributed by atoms with van der Waals surface area (Å²) < 4.78 is 0. The van der Waals surface area contributed by atoms with Gasteiger partial charge in [-0.3, -0.25) is 10.8 Å². The van der Waals surface area contributed by atoms with E-state index in [1.807, 2.05) is 25.1 Å². The minimum atomic E-state index is 0. The fourth-order valence-corrected chi connectivity index (χ4v) is 1.79. The highest BCUT2D eigenvalue weighted by molar-refractivity contribution is 6.31. The highest BCUT2D eigenvalue weighted by Gasteiger charge is 2.04. The highest BCUT2D eigenvalue weighted by atomic mass is 35.5. The number of hydrogen-bond donors (Lipinski definition) is 2. The Bertz CT molecular complexity index is 485. The largest absolute Gasteiger partial charge is 0.323 e. The van der Waals surface area contributed by atoms with E-state index in [9.17, 15) is 0 Å². The number of aromatic nitrogens is 1. The summed E-state index contributed by atoms with van der Waals surface area (Å²) in [6, 6.07) is 5.56. The third-order valence-corrected chi connectivity index (χ3v) is 2.37. The average Bonchev–Trinajstić information content (AvgIpc) is 2.17. The van der Waals surface area contributed by atoms with Gasteiger partial charge in [-0.2, -0.15) is 0 Å². The molecule has 15 heavy (non-hydrogen) atoms. The molecule has 80 valence electrons. The number of nitrogen functional groups attached to an aromatic ring is 1. The van der Waals surface area contributed by atoms with Crippen molar-refractivity contribution in [1.29, 1.82) is 0 Å². The van der Waals surface area contributed by atoms with Crippen molar-refractivity contribution < 1.29 is 0 Å². The van der Waals surface area contributed by atoms with E-state index >= 15 is 0 Å². The van der Waals surface area contributed by atoms with Gasteiger partial charge in [0, 0.05) is 16.6 Å². The summed E-state index contributed by atoms with van der Waals surface area (Å²) in [5.41, 5.74) is 5.43. The van der Waals surface area contributed by atoms with E-state index in [1.165, 1.54) is 0 Å². The molecule has 0 aliphatic heterocycles. The Balaban J connectivity index is 0.00000112. The van der Waals surface area contributed by atoms with Crippen molar-refractivity contribution in [3.05, 3.63) is 35.0 Å². The zero-order valence-electron chi connectivity index (χ0n) is 8.12. The van der Waals surface area contributed by atoms with Crippen LogP contribution in [0.3, 0.4) is 0 Å². The summed E-state index contributed by atoms with van der Waals surface area (Å²) in [4.78, 5) is 4.28. The van der Waals surface area contributed by atoms with Crippen LogP contribution in [-0.2, 0) is 0 Å². The number of nitrogens with one attached hydrogen (secondary N) is 1. The van der Waals surface area contributed by atoms with Crippen LogP contribution >= 0.6 is 24.0 Å². The summed E-state index contributed by atoms with van der Waals surface area (Å²) in [5, 5.41) is 1.64. The van der Waals surface area contributed by atoms with Gasteiger partial charge in [-0.1, -0.05) is 11.6 Å². The van der Waals surface area contributed by atoms with E-state index in [4.69, 9.17) is 17.4 Å². The molecule has 0 unspecified atom stereocenters. The van der Waals surface area contributed by atoms with Gasteiger partial charge in [0.05, 0.1) is 11.2 Å². The monoisotopic (exact) mass is 243 g/mol. The number of pyridine rings is 1. The number of aryl methyl sites for hydroxylation is 1. The van der Waals surface area contributed by atoms with Crippen LogP contribution in [0.1, 0.15) is 5.56 Å². The number of hydrazine groups is 1. The van der Waals surface area contributed by atoms with Gasteiger partial charge in [-0.15, -0.1) is 12.4 Å². The number of hydrogen-bond acceptors (Lipinski definition) is 3. The summed E-state index contributed by atoms with van der Waals surface area (Å²) in [6.07, 6.45) is 1.72. The lowest BCUT2D eigenvalue weighted by Gasteiger charge is -2.07. The van der Waals surface area contributed by atoms with Crippen molar-refractivity contribution >= 4 is 40.6 Å². The van der Waals surface area contributed by atoms with Crippen molar-refractivity contribution in [1.82, 2.24) is 4.98 Å². The quantitative estimate of drug-likeness (QED) is 0.599. The van der Waals surface area contributed by atoms with Gasteiger partial charge in [-0.05, 0) is 30.7 Å². The first-order valence-electron chi connectivity index (χ1n) is 4.24. The normalized spacial score (nSPS) is 9.80. The van der Waals surface area contributed by atoms with Crippen LogP contribution in [0.4, 0.5) is 5.69 Å². The molecular weight excluding hydrogens is 233 g/mol. The molecule has 0 aliphatic rings. The lowest BCUT2D eigenvalue weighted by Crippen LogP contribution is -2.07. The molecule has 3 nitrogen and oxygen atoms in total. The second kappa shape index (κ2) is 4.66. The molecule has 3 N–H and O–H groups in total. The molecule has 0 bridgehead atoms. The summed E-state index contributed by atoms with van der Waals surface area (Å²) in [7, 11) is 0. The molecule has 0 fully saturated rings. The van der Waals surface area contributed by atoms with Crippen molar-refractivity contribution in [3.63, 3.8) is 0 Å². The van der Waals surface area contributed by atoms with Crippen molar-refractivity contribution in [2.45, 2.75) is 6.92 Å². The molecule has 1 heterocycles. The lowest BCUT2D eigenvalue weighted by atomic mass is 10.1. The number of halogens is 2. The Hall–Kier alpha value is -1.03. The Morgan fingerprint density at radius 2 is 2.13 bits per heavy atom. The van der Waals surface area contributed by atoms with Crippen LogP contribution in [0.15, 0.2) is 24.4 Å². The molecule has 0 atom stereocenters. The van der Waals surface area contributed by atoms with Gasteiger partial charge >= 0.3 is 0 Å². The Morgan fingerprint density at radius 1 is 1.40 bits per heavy atom. The maximum Gasteiger partial charge on any atom is 0.0753 e. The molecule has 1 aromatic carbocycles. The van der Waals surface area contributed by atoms with Crippen LogP contribution in [0.25, 0.3) is 10.9 Å². The SMILES string of the molecule is Cc1cc(Cl)cc2c(NN)ccnc12.Cl. The number of anilines is 1. The highest BCUT2D eigenvalue weighted by Crippen LogP contribution is 2.26. The minimum Gasteiger partial charge on any atom is -0.323 e. The van der Waals surface area contributed by atoms with Gasteiger partial charge in [0.2, 0.25) is 0 Å². The summed E-state index contributed by atoms with van der Waals surface area (Å²) in [6.45, 7) is 1.97. The molecule has 5 heteroatoms. The third kappa shape index (κ3) is 2.15. The van der Waals surface area contributed by atoms with Gasteiger partial charge < -0.3 is 5.43 Å². The van der Waals surface area contributed by atoms with E-state index in [0.717, 1.165) is 22.2 Å². The first-order chi connectivity index (χ1) is 6.72. The molecule has 0 spiro atoms. The van der Waals surface area contributed by atoms with E-state index in [2.05, 4.69) is 10.4 Å². The van der Waals surface area contributed by atoms with Crippen molar-refractivity contribution in [2.24, 2.45) is 5.84 Å². The Labute approximate surface area is 99.0 Å². The van der Waals surface area contributed by atoms with Gasteiger partial charge in [0.15, 0.2) is 0 Å². The van der Waals surface area contributed by atoms with Crippen LogP contribution in [-0.4, -0.2) is 4.98 Å². The summed E-state index contributed by atoms with van der Waals surface area (Å²) >= 11 is 5.96. The maximum atomic E-state index is 5.96. The number of nitrogens with zero attached hydrogens (tertiary/aromatic N) is 1. The summed E-state index contributed by atoms with van der Waals surface area (Å²) in [5.74, 6) is 5.40. The second-order valence-electron chi connectivity index (χ2n) is 3.12. The van der Waals surface area contributed by atoms with Crippen LogP contribution in [0.2, 0.25) is 5.02 Å². The van der Waals surface area contributed by atoms with E-state index < -0.39 is 0 Å². The first kappa shape index (κ1) is 12.0. The topological polar surface area (TPSA) is 50.9 Å². The first-order valence-corrected chi connectivity index (χ1v) is 4.61. The van der Waals surface area contributed by atoms with Gasteiger partial charge in [0.25, 0.3) is 0 Å². The van der Waals surface area contributed by atoms with E-state index in [-0.39, 0.29) is 12.4 Å². The van der Waals surface area contributed by atoms with Gasteiger partial charge in [0.1, 0.15) is 0 Å². The predicted octanol–water partition coefficient (Wildman–Crippen LogP) is 2.90. The van der Waals surface area contributed by atoms with Crippen molar-refractivity contribution in [3.8, 4) is 0 Å². The average molecular weight is 244 g/mol. The number of benzene rings is 1. The fourth-order valence-electron chi connectivity index (χ4n) is 1.51. The number of rotatable bonds is 1. The zero-order chi connectivity index (χ0) is 10.1. The lowest BCUT2D eigenvalue weighted by molar-refractivity contribution is 1.32. The van der Waals surface area contributed by atoms with Crippen LogP contribution in [0.5, 0.6) is 0 Å². The van der Waals surface area contributed by atoms with Crippen LogP contribution < -0.4 is 11.3 Å². The second-order valence-corrected chi connectivity index (χ2v) is 3.56. The van der Waals surface area contributed by atoms with E-state index in [0.29, 0.717) is 5.02 Å². The Morgan fingerprint density at radius 3 is 2.80 bits per heavy atom. The van der Waals surface area contributed by atoms with Gasteiger partial charge in [-0.25, -0.2) is 0 Å². The molecular formula is C10H11Cl2N3. The maximum absolute atomic E-state index is 5.96. The van der Waals surface area contributed by atoms with E-state index in [1.54, 1.807) is 6.20 Å². The number of fused-ring (bicyclic) bond motifs is 1.